The molecule has 0 bridgehead atoms. The van der Waals surface area contributed by atoms with Gasteiger partial charge in [-0.15, -0.1) is 6.58 Å². The Kier molecular flexibility index (Phi) is 9.28. The minimum absolute atomic E-state index is 0.0573. The number of carbonyl (C=O) groups is 1. The molecule has 5 heteroatoms. The number of rotatable bonds is 9. The molecule has 0 heterocycles. The summed E-state index contributed by atoms with van der Waals surface area (Å²) in [5, 5.41) is 0. The molecular weight excluding hydrogens is 473 g/mol. The van der Waals surface area contributed by atoms with Crippen LogP contribution < -0.4 is 4.74 Å². The maximum absolute atomic E-state index is 15.2. The predicted octanol–water partition coefficient (Wildman–Crippen LogP) is 9.10. The highest BCUT2D eigenvalue weighted by molar-refractivity contribution is 5.91. The van der Waals surface area contributed by atoms with Crippen LogP contribution in [0.15, 0.2) is 55.1 Å². The van der Waals surface area contributed by atoms with Crippen molar-refractivity contribution in [2.75, 3.05) is 0 Å². The fourth-order valence-electron chi connectivity index (χ4n) is 6.28. The van der Waals surface area contributed by atoms with Gasteiger partial charge in [-0.05, 0) is 118 Å². The molecule has 0 aromatic heterocycles. The van der Waals surface area contributed by atoms with E-state index in [0.29, 0.717) is 23.8 Å². The molecule has 0 N–H and O–H groups in total. The van der Waals surface area contributed by atoms with Gasteiger partial charge in [0.05, 0.1) is 5.56 Å². The number of aryl methyl sites for hydroxylation is 1. The summed E-state index contributed by atoms with van der Waals surface area (Å²) in [6.45, 7) is 5.74. The molecule has 0 amide bonds. The molecule has 0 aliphatic heterocycles. The molecule has 2 nitrogen and oxygen atoms in total. The SMILES string of the molecule is C=CCCC1CCC2CC(c3ccc(C(=O)Oc4ccc(CC/C=C/C)cc4F)c(F)c3F)CCC2C1. The molecule has 4 atom stereocenters. The summed E-state index contributed by atoms with van der Waals surface area (Å²) in [5.41, 5.74) is 0.573. The van der Waals surface area contributed by atoms with Gasteiger partial charge in [0.25, 0.3) is 0 Å². The zero-order valence-corrected chi connectivity index (χ0v) is 21.7. The number of allylic oxidation sites excluding steroid dienone is 3. The second-order valence-corrected chi connectivity index (χ2v) is 10.7. The van der Waals surface area contributed by atoms with E-state index < -0.39 is 29.0 Å². The second-order valence-electron chi connectivity index (χ2n) is 10.7. The van der Waals surface area contributed by atoms with E-state index >= 15 is 8.78 Å². The Balaban J connectivity index is 1.40. The van der Waals surface area contributed by atoms with E-state index in [1.165, 1.54) is 43.5 Å². The highest BCUT2D eigenvalue weighted by Crippen LogP contribution is 2.49. The number of ether oxygens (including phenoxy) is 1. The molecule has 0 radical (unpaired) electrons. The van der Waals surface area contributed by atoms with Gasteiger partial charge < -0.3 is 4.74 Å². The highest BCUT2D eigenvalue weighted by atomic mass is 19.2. The first-order chi connectivity index (χ1) is 17.9. The van der Waals surface area contributed by atoms with Crippen LogP contribution in [0.3, 0.4) is 0 Å². The number of hydrogen-bond donors (Lipinski definition) is 0. The Morgan fingerprint density at radius 1 is 1.00 bits per heavy atom. The van der Waals surface area contributed by atoms with Crippen LogP contribution in [0, 0.1) is 35.2 Å². The summed E-state index contributed by atoms with van der Waals surface area (Å²) in [6.07, 6.45) is 15.8. The largest absolute Gasteiger partial charge is 0.420 e. The second kappa shape index (κ2) is 12.6. The highest BCUT2D eigenvalue weighted by Gasteiger charge is 2.37. The van der Waals surface area contributed by atoms with Crippen LogP contribution in [0.2, 0.25) is 0 Å². The zero-order valence-electron chi connectivity index (χ0n) is 21.7. The third-order valence-electron chi connectivity index (χ3n) is 8.31. The van der Waals surface area contributed by atoms with Gasteiger partial charge in [-0.25, -0.2) is 18.0 Å². The first kappa shape index (κ1) is 27.2. The minimum atomic E-state index is -1.22. The lowest BCUT2D eigenvalue weighted by atomic mass is 9.63. The third kappa shape index (κ3) is 6.55. The standard InChI is InChI=1S/C32H37F3O2/c1-3-5-7-9-22-11-17-29(28(33)19-22)37-32(36)27-16-15-26(30(34)31(27)35)25-14-13-23-18-21(8-6-4-2)10-12-24(23)20-25/h3-5,11,15-17,19,21,23-25H,2,6-10,12-14,18,20H2,1H3/b5-3+. The average molecular weight is 511 g/mol. The molecule has 2 aliphatic carbocycles. The van der Waals surface area contributed by atoms with Gasteiger partial charge in [0.15, 0.2) is 23.2 Å². The van der Waals surface area contributed by atoms with Crippen LogP contribution in [-0.4, -0.2) is 5.97 Å². The summed E-state index contributed by atoms with van der Waals surface area (Å²) >= 11 is 0. The molecule has 4 unspecified atom stereocenters. The number of fused-ring (bicyclic) bond motifs is 1. The van der Waals surface area contributed by atoms with Gasteiger partial charge in [-0.2, -0.15) is 0 Å². The lowest BCUT2D eigenvalue weighted by molar-refractivity contribution is 0.0721. The summed E-state index contributed by atoms with van der Waals surface area (Å²) < 4.78 is 49.8. The maximum atomic E-state index is 15.2. The van der Waals surface area contributed by atoms with Crippen molar-refractivity contribution in [3.8, 4) is 5.75 Å². The van der Waals surface area contributed by atoms with Crippen LogP contribution in [0.25, 0.3) is 0 Å². The van der Waals surface area contributed by atoms with Crippen molar-refractivity contribution in [3.63, 3.8) is 0 Å². The van der Waals surface area contributed by atoms with Crippen molar-refractivity contribution in [2.24, 2.45) is 17.8 Å². The van der Waals surface area contributed by atoms with Gasteiger partial charge in [-0.3, -0.25) is 0 Å². The van der Waals surface area contributed by atoms with E-state index in [9.17, 15) is 9.18 Å². The van der Waals surface area contributed by atoms with Gasteiger partial charge in [0.1, 0.15) is 0 Å². The fourth-order valence-corrected chi connectivity index (χ4v) is 6.28. The molecule has 0 saturated heterocycles. The van der Waals surface area contributed by atoms with E-state index in [1.54, 1.807) is 6.07 Å². The number of carbonyl (C=O) groups excluding carboxylic acids is 1. The Morgan fingerprint density at radius 3 is 2.54 bits per heavy atom. The van der Waals surface area contributed by atoms with Crippen molar-refractivity contribution in [1.29, 1.82) is 0 Å². The quantitative estimate of drug-likeness (QED) is 0.191. The van der Waals surface area contributed by atoms with Crippen LogP contribution in [-0.2, 0) is 6.42 Å². The summed E-state index contributed by atoms with van der Waals surface area (Å²) in [5.74, 6) is -2.44. The summed E-state index contributed by atoms with van der Waals surface area (Å²) in [6, 6.07) is 7.10. The smallest absolute Gasteiger partial charge is 0.346 e. The monoisotopic (exact) mass is 510 g/mol. The predicted molar refractivity (Wildman–Crippen MR) is 141 cm³/mol. The van der Waals surface area contributed by atoms with Crippen molar-refractivity contribution in [3.05, 3.63) is 89.3 Å². The van der Waals surface area contributed by atoms with Gasteiger partial charge in [0, 0.05) is 0 Å². The van der Waals surface area contributed by atoms with Crippen LogP contribution in [0.4, 0.5) is 13.2 Å². The van der Waals surface area contributed by atoms with Gasteiger partial charge >= 0.3 is 5.97 Å². The molecule has 2 aliphatic rings. The Bertz CT molecular complexity index is 1140. The first-order valence-corrected chi connectivity index (χ1v) is 13.6. The molecule has 37 heavy (non-hydrogen) atoms. The molecule has 2 saturated carbocycles. The summed E-state index contributed by atoms with van der Waals surface area (Å²) in [4.78, 5) is 12.6. The molecule has 2 fully saturated rings. The van der Waals surface area contributed by atoms with Gasteiger partial charge in [-0.1, -0.05) is 36.8 Å². The molecular formula is C32H37F3O2. The fraction of sp³-hybridized carbons (Fsp3) is 0.469. The van der Waals surface area contributed by atoms with Crippen LogP contribution >= 0.6 is 0 Å². The van der Waals surface area contributed by atoms with E-state index in [0.717, 1.165) is 50.0 Å². The number of halogens is 3. The molecule has 2 aromatic rings. The normalized spacial score (nSPS) is 23.6. The molecule has 4 rings (SSSR count). The maximum Gasteiger partial charge on any atom is 0.346 e. The molecule has 0 spiro atoms. The first-order valence-electron chi connectivity index (χ1n) is 13.6. The molecule has 2 aromatic carbocycles. The Labute approximate surface area is 218 Å². The topological polar surface area (TPSA) is 26.3 Å². The minimum Gasteiger partial charge on any atom is -0.420 e. The van der Waals surface area contributed by atoms with E-state index in [4.69, 9.17) is 4.74 Å². The average Bonchev–Trinajstić information content (AvgIpc) is 2.90. The van der Waals surface area contributed by atoms with E-state index in [-0.39, 0.29) is 11.7 Å². The Morgan fingerprint density at radius 2 is 1.78 bits per heavy atom. The van der Waals surface area contributed by atoms with Crippen molar-refractivity contribution in [1.82, 2.24) is 0 Å². The van der Waals surface area contributed by atoms with Crippen LogP contribution in [0.5, 0.6) is 5.75 Å². The number of esters is 1. The third-order valence-corrected chi connectivity index (χ3v) is 8.31. The van der Waals surface area contributed by atoms with Crippen LogP contribution in [0.1, 0.15) is 92.1 Å². The molecule has 198 valence electrons. The number of hydrogen-bond acceptors (Lipinski definition) is 2. The van der Waals surface area contributed by atoms with Crippen molar-refractivity contribution < 1.29 is 22.7 Å². The van der Waals surface area contributed by atoms with E-state index in [2.05, 4.69) is 6.58 Å². The number of benzene rings is 2. The van der Waals surface area contributed by atoms with E-state index in [1.807, 2.05) is 25.2 Å². The zero-order chi connectivity index (χ0) is 26.4. The lowest BCUT2D eigenvalue weighted by Gasteiger charge is -2.42. The van der Waals surface area contributed by atoms with Crippen molar-refractivity contribution >= 4 is 5.97 Å². The lowest BCUT2D eigenvalue weighted by Crippen LogP contribution is -2.30. The van der Waals surface area contributed by atoms with Gasteiger partial charge in [0.2, 0.25) is 0 Å². The van der Waals surface area contributed by atoms with Crippen molar-refractivity contribution in [2.45, 2.75) is 77.0 Å². The summed E-state index contributed by atoms with van der Waals surface area (Å²) in [7, 11) is 0. The Hall–Kier alpha value is -2.82.